The Hall–Kier alpha value is -2.57. The minimum Gasteiger partial charge on any atom is -0.491 e. The van der Waals surface area contributed by atoms with Gasteiger partial charge in [0.25, 0.3) is 0 Å². The van der Waals surface area contributed by atoms with E-state index in [1.807, 2.05) is 6.07 Å². The third kappa shape index (κ3) is 4.21. The van der Waals surface area contributed by atoms with Crippen molar-refractivity contribution in [1.29, 1.82) is 0 Å². The standard InChI is InChI=1S/C16H21N3O4/c1-3-17-16(22)11(2)18-14(20)10-19-12-6-4-5-7-13(12)23-9-8-15(19)21/h4-7,11H,3,8-10H2,1-2H3,(H,17,22)(H,18,20)/t11-/m0/s1. The van der Waals surface area contributed by atoms with Crippen LogP contribution in [0, 0.1) is 0 Å². The quantitative estimate of drug-likeness (QED) is 0.824. The molecule has 7 heteroatoms. The van der Waals surface area contributed by atoms with E-state index in [-0.39, 0.29) is 31.4 Å². The van der Waals surface area contributed by atoms with Crippen LogP contribution < -0.4 is 20.3 Å². The number of likely N-dealkylation sites (N-methyl/N-ethyl adjacent to an activating group) is 1. The van der Waals surface area contributed by atoms with E-state index in [1.165, 1.54) is 4.90 Å². The Morgan fingerprint density at radius 2 is 2.09 bits per heavy atom. The lowest BCUT2D eigenvalue weighted by molar-refractivity contribution is -0.128. The minimum absolute atomic E-state index is 0.150. The molecular weight excluding hydrogens is 298 g/mol. The van der Waals surface area contributed by atoms with Crippen molar-refractivity contribution in [2.24, 2.45) is 0 Å². The summed E-state index contributed by atoms with van der Waals surface area (Å²) in [5.74, 6) is -0.265. The molecule has 23 heavy (non-hydrogen) atoms. The highest BCUT2D eigenvalue weighted by Crippen LogP contribution is 2.30. The number of carbonyl (C=O) groups excluding carboxylic acids is 3. The molecule has 2 N–H and O–H groups in total. The number of hydrogen-bond donors (Lipinski definition) is 2. The summed E-state index contributed by atoms with van der Waals surface area (Å²) >= 11 is 0. The van der Waals surface area contributed by atoms with Crippen LogP contribution in [0.3, 0.4) is 0 Å². The van der Waals surface area contributed by atoms with Crippen LogP contribution in [-0.4, -0.2) is 43.5 Å². The Kier molecular flexibility index (Phi) is 5.56. The van der Waals surface area contributed by atoms with Crippen LogP contribution in [0.2, 0.25) is 0 Å². The van der Waals surface area contributed by atoms with E-state index in [0.29, 0.717) is 18.0 Å². The topological polar surface area (TPSA) is 87.7 Å². The largest absolute Gasteiger partial charge is 0.491 e. The van der Waals surface area contributed by atoms with E-state index in [4.69, 9.17) is 4.74 Å². The average Bonchev–Trinajstić information content (AvgIpc) is 2.67. The Morgan fingerprint density at radius 3 is 2.83 bits per heavy atom. The number of hydrogen-bond acceptors (Lipinski definition) is 4. The zero-order valence-electron chi connectivity index (χ0n) is 13.3. The zero-order valence-corrected chi connectivity index (χ0v) is 13.3. The van der Waals surface area contributed by atoms with E-state index in [0.717, 1.165) is 0 Å². The molecule has 0 fully saturated rings. The number of amides is 3. The van der Waals surface area contributed by atoms with Crippen molar-refractivity contribution in [3.8, 4) is 5.75 Å². The third-order valence-electron chi connectivity index (χ3n) is 3.45. The van der Waals surface area contributed by atoms with Gasteiger partial charge in [0.05, 0.1) is 18.7 Å². The number of carbonyl (C=O) groups is 3. The fourth-order valence-corrected chi connectivity index (χ4v) is 2.32. The number of nitrogens with one attached hydrogen (secondary N) is 2. The maximum Gasteiger partial charge on any atom is 0.242 e. The molecule has 0 radical (unpaired) electrons. The highest BCUT2D eigenvalue weighted by atomic mass is 16.5. The molecule has 0 aromatic heterocycles. The second kappa shape index (κ2) is 7.62. The van der Waals surface area contributed by atoms with Crippen molar-refractivity contribution in [3.05, 3.63) is 24.3 Å². The van der Waals surface area contributed by atoms with Crippen LogP contribution >= 0.6 is 0 Å². The maximum atomic E-state index is 12.2. The van der Waals surface area contributed by atoms with Gasteiger partial charge < -0.3 is 15.4 Å². The summed E-state index contributed by atoms with van der Waals surface area (Å²) in [6.45, 7) is 4.03. The molecule has 2 rings (SSSR count). The first-order valence-electron chi connectivity index (χ1n) is 7.62. The third-order valence-corrected chi connectivity index (χ3v) is 3.45. The van der Waals surface area contributed by atoms with Crippen LogP contribution in [-0.2, 0) is 14.4 Å². The fourth-order valence-electron chi connectivity index (χ4n) is 2.32. The molecule has 1 aliphatic heterocycles. The number of anilines is 1. The Bertz CT molecular complexity index is 603. The van der Waals surface area contributed by atoms with E-state index in [1.54, 1.807) is 32.0 Å². The second-order valence-corrected chi connectivity index (χ2v) is 5.23. The summed E-state index contributed by atoms with van der Waals surface area (Å²) in [6.07, 6.45) is 0.202. The normalized spacial score (nSPS) is 15.0. The second-order valence-electron chi connectivity index (χ2n) is 5.23. The van der Waals surface area contributed by atoms with Crippen LogP contribution in [0.15, 0.2) is 24.3 Å². The number of rotatable bonds is 5. The van der Waals surface area contributed by atoms with E-state index in [2.05, 4.69) is 10.6 Å². The van der Waals surface area contributed by atoms with Crippen molar-refractivity contribution >= 4 is 23.4 Å². The van der Waals surface area contributed by atoms with Crippen molar-refractivity contribution in [3.63, 3.8) is 0 Å². The molecule has 1 aromatic carbocycles. The van der Waals surface area contributed by atoms with Crippen LogP contribution in [0.25, 0.3) is 0 Å². The first-order valence-corrected chi connectivity index (χ1v) is 7.62. The number of ether oxygens (including phenoxy) is 1. The van der Waals surface area contributed by atoms with E-state index < -0.39 is 11.9 Å². The number of benzene rings is 1. The van der Waals surface area contributed by atoms with Gasteiger partial charge >= 0.3 is 0 Å². The van der Waals surface area contributed by atoms with Gasteiger partial charge in [-0.15, -0.1) is 0 Å². The lowest BCUT2D eigenvalue weighted by atomic mass is 10.2. The summed E-state index contributed by atoms with van der Waals surface area (Å²) in [7, 11) is 0. The van der Waals surface area contributed by atoms with Gasteiger partial charge in [0, 0.05) is 6.54 Å². The van der Waals surface area contributed by atoms with Gasteiger partial charge in [-0.05, 0) is 26.0 Å². The molecule has 0 saturated heterocycles. The fraction of sp³-hybridized carbons (Fsp3) is 0.438. The molecule has 0 spiro atoms. The van der Waals surface area contributed by atoms with Gasteiger partial charge in [-0.3, -0.25) is 19.3 Å². The monoisotopic (exact) mass is 319 g/mol. The minimum atomic E-state index is -0.656. The number of fused-ring (bicyclic) bond motifs is 1. The summed E-state index contributed by atoms with van der Waals surface area (Å²) < 4.78 is 5.52. The van der Waals surface area contributed by atoms with E-state index in [9.17, 15) is 14.4 Å². The maximum absolute atomic E-state index is 12.2. The first kappa shape index (κ1) is 16.8. The molecule has 7 nitrogen and oxygen atoms in total. The Morgan fingerprint density at radius 1 is 1.35 bits per heavy atom. The molecular formula is C16H21N3O4. The molecule has 1 aromatic rings. The summed E-state index contributed by atoms with van der Waals surface area (Å²) in [5.41, 5.74) is 0.566. The van der Waals surface area contributed by atoms with Gasteiger partial charge in [-0.1, -0.05) is 12.1 Å². The number of para-hydroxylation sites is 2. The van der Waals surface area contributed by atoms with Crippen molar-refractivity contribution in [1.82, 2.24) is 10.6 Å². The van der Waals surface area contributed by atoms with Gasteiger partial charge in [-0.25, -0.2) is 0 Å². The summed E-state index contributed by atoms with van der Waals surface area (Å²) in [6, 6.07) is 6.43. The molecule has 0 unspecified atom stereocenters. The van der Waals surface area contributed by atoms with Gasteiger partial charge in [0.1, 0.15) is 18.3 Å². The van der Waals surface area contributed by atoms with Crippen molar-refractivity contribution < 1.29 is 19.1 Å². The molecule has 3 amide bonds. The van der Waals surface area contributed by atoms with Crippen molar-refractivity contribution in [2.45, 2.75) is 26.3 Å². The highest BCUT2D eigenvalue weighted by molar-refractivity contribution is 6.01. The molecule has 0 saturated carbocycles. The predicted octanol–water partition coefficient (Wildman–Crippen LogP) is 0.443. The molecule has 0 aliphatic carbocycles. The lowest BCUT2D eigenvalue weighted by Crippen LogP contribution is -2.48. The molecule has 0 bridgehead atoms. The smallest absolute Gasteiger partial charge is 0.242 e. The van der Waals surface area contributed by atoms with Gasteiger partial charge in [0.15, 0.2) is 0 Å². The molecule has 1 heterocycles. The Balaban J connectivity index is 2.07. The lowest BCUT2D eigenvalue weighted by Gasteiger charge is -2.22. The van der Waals surface area contributed by atoms with Crippen molar-refractivity contribution in [2.75, 3.05) is 24.6 Å². The van der Waals surface area contributed by atoms with Crippen LogP contribution in [0.1, 0.15) is 20.3 Å². The van der Waals surface area contributed by atoms with Crippen LogP contribution in [0.4, 0.5) is 5.69 Å². The van der Waals surface area contributed by atoms with Gasteiger partial charge in [-0.2, -0.15) is 0 Å². The molecule has 124 valence electrons. The summed E-state index contributed by atoms with van der Waals surface area (Å²) in [5, 5.41) is 5.23. The average molecular weight is 319 g/mol. The highest BCUT2D eigenvalue weighted by Gasteiger charge is 2.26. The molecule has 1 aliphatic rings. The SMILES string of the molecule is CCNC(=O)[C@H](C)NC(=O)CN1C(=O)CCOc2ccccc21. The van der Waals surface area contributed by atoms with E-state index >= 15 is 0 Å². The summed E-state index contributed by atoms with van der Waals surface area (Å²) in [4.78, 5) is 37.4. The zero-order chi connectivity index (χ0) is 16.8. The number of nitrogens with zero attached hydrogens (tertiary/aromatic N) is 1. The molecule has 1 atom stereocenters. The first-order chi connectivity index (χ1) is 11.0. The van der Waals surface area contributed by atoms with Crippen LogP contribution in [0.5, 0.6) is 5.75 Å². The predicted molar refractivity (Wildman–Crippen MR) is 85.2 cm³/mol. The Labute approximate surface area is 135 Å². The van der Waals surface area contributed by atoms with Gasteiger partial charge in [0.2, 0.25) is 17.7 Å².